The second-order valence-corrected chi connectivity index (χ2v) is 7.93. The van der Waals surface area contributed by atoms with E-state index < -0.39 is 54.6 Å². The Morgan fingerprint density at radius 2 is 1.78 bits per heavy atom. The van der Waals surface area contributed by atoms with Crippen LogP contribution in [0.1, 0.15) is 0 Å². The molecule has 2 aliphatic heterocycles. The third kappa shape index (κ3) is 3.87. The van der Waals surface area contributed by atoms with Crippen molar-refractivity contribution >= 4 is 57.4 Å². The van der Waals surface area contributed by atoms with Gasteiger partial charge in [0.2, 0.25) is 5.79 Å². The molecule has 9 atom stereocenters. The van der Waals surface area contributed by atoms with Crippen molar-refractivity contribution in [3.8, 4) is 0 Å². The first-order chi connectivity index (χ1) is 10.8. The molecule has 2 rings (SSSR count). The zero-order valence-corrected chi connectivity index (χ0v) is 16.2. The summed E-state index contributed by atoms with van der Waals surface area (Å²) in [5, 5.41) is 38.7. The van der Waals surface area contributed by atoms with Crippen LogP contribution in [0.2, 0.25) is 0 Å². The summed E-state index contributed by atoms with van der Waals surface area (Å²) in [5.74, 6) is -1.79. The molecule has 0 spiro atoms. The molecule has 0 aromatic rings. The molecule has 136 valence electrons. The summed E-state index contributed by atoms with van der Waals surface area (Å²) in [6.45, 7) is -0.478. The van der Waals surface area contributed by atoms with E-state index >= 15 is 0 Å². The van der Waals surface area contributed by atoms with Crippen LogP contribution in [-0.2, 0) is 14.2 Å². The molecule has 2 heterocycles. The van der Waals surface area contributed by atoms with Crippen molar-refractivity contribution in [2.24, 2.45) is 0 Å². The monoisotopic (exact) mass is 506 g/mol. The molecule has 0 aromatic carbocycles. The van der Waals surface area contributed by atoms with Crippen molar-refractivity contribution in [2.75, 3.05) is 18.4 Å². The lowest BCUT2D eigenvalue weighted by Crippen LogP contribution is -2.61. The molecular formula is C12H18Cl3IO7. The van der Waals surface area contributed by atoms with Crippen LogP contribution in [0, 0.1) is 0 Å². The number of aliphatic hydroxyl groups is 4. The molecule has 0 radical (unpaired) electrons. The van der Waals surface area contributed by atoms with Crippen molar-refractivity contribution in [3.05, 3.63) is 0 Å². The Morgan fingerprint density at radius 1 is 1.13 bits per heavy atom. The van der Waals surface area contributed by atoms with Crippen LogP contribution in [0.4, 0.5) is 0 Å². The van der Waals surface area contributed by atoms with Gasteiger partial charge in [0, 0.05) is 5.88 Å². The summed E-state index contributed by atoms with van der Waals surface area (Å²) >= 11 is 19.6. The lowest BCUT2D eigenvalue weighted by molar-refractivity contribution is -0.357. The second-order valence-electron chi connectivity index (χ2n) is 5.41. The first-order valence-corrected chi connectivity index (χ1v) is 9.62. The van der Waals surface area contributed by atoms with Crippen LogP contribution in [0.25, 0.3) is 0 Å². The van der Waals surface area contributed by atoms with Gasteiger partial charge < -0.3 is 34.6 Å². The van der Waals surface area contributed by atoms with E-state index in [1.807, 2.05) is 22.6 Å². The smallest absolute Gasteiger partial charge is 0.212 e. The summed E-state index contributed by atoms with van der Waals surface area (Å²) in [5.41, 5.74) is 0. The average Bonchev–Trinajstić information content (AvgIpc) is 2.80. The number of aliphatic hydroxyl groups excluding tert-OH is 4. The Labute approximate surface area is 161 Å². The minimum absolute atomic E-state index is 0.117. The van der Waals surface area contributed by atoms with Gasteiger partial charge in [-0.25, -0.2) is 0 Å². The average molecular weight is 508 g/mol. The van der Waals surface area contributed by atoms with Gasteiger partial charge in [-0.1, -0.05) is 22.6 Å². The van der Waals surface area contributed by atoms with E-state index in [0.29, 0.717) is 0 Å². The highest BCUT2D eigenvalue weighted by atomic mass is 127. The molecule has 0 amide bonds. The molecule has 23 heavy (non-hydrogen) atoms. The van der Waals surface area contributed by atoms with E-state index in [4.69, 9.17) is 49.0 Å². The molecule has 0 aromatic heterocycles. The molecule has 0 bridgehead atoms. The molecule has 2 fully saturated rings. The van der Waals surface area contributed by atoms with Gasteiger partial charge in [0.05, 0.1) is 27.9 Å². The minimum Gasteiger partial charge on any atom is -0.394 e. The molecular weight excluding hydrogens is 489 g/mol. The quantitative estimate of drug-likeness (QED) is 0.301. The van der Waals surface area contributed by atoms with Crippen LogP contribution in [0.15, 0.2) is 0 Å². The number of hydrogen-bond acceptors (Lipinski definition) is 7. The lowest BCUT2D eigenvalue weighted by atomic mass is 10.0. The van der Waals surface area contributed by atoms with Crippen molar-refractivity contribution in [1.29, 1.82) is 0 Å². The fourth-order valence-corrected chi connectivity index (χ4v) is 4.60. The highest BCUT2D eigenvalue weighted by Crippen LogP contribution is 2.40. The van der Waals surface area contributed by atoms with Crippen LogP contribution in [0.3, 0.4) is 0 Å². The third-order valence-corrected chi connectivity index (χ3v) is 6.61. The molecule has 11 heteroatoms. The van der Waals surface area contributed by atoms with E-state index in [2.05, 4.69) is 0 Å². The van der Waals surface area contributed by atoms with Crippen molar-refractivity contribution < 1.29 is 34.6 Å². The van der Waals surface area contributed by atoms with E-state index in [1.54, 1.807) is 0 Å². The maximum atomic E-state index is 10.4. The van der Waals surface area contributed by atoms with Gasteiger partial charge in [0.25, 0.3) is 0 Å². The van der Waals surface area contributed by atoms with E-state index in [1.165, 1.54) is 0 Å². The third-order valence-electron chi connectivity index (χ3n) is 3.91. The Morgan fingerprint density at radius 3 is 2.26 bits per heavy atom. The van der Waals surface area contributed by atoms with Crippen molar-refractivity contribution in [3.63, 3.8) is 0 Å². The molecule has 2 saturated heterocycles. The Bertz CT molecular complexity index is 407. The fourth-order valence-electron chi connectivity index (χ4n) is 2.53. The van der Waals surface area contributed by atoms with Crippen molar-refractivity contribution in [2.45, 2.75) is 51.9 Å². The maximum Gasteiger partial charge on any atom is 0.212 e. The predicted octanol–water partition coefficient (Wildman–Crippen LogP) is -0.213. The van der Waals surface area contributed by atoms with Crippen LogP contribution < -0.4 is 0 Å². The number of rotatable bonds is 5. The molecule has 2 aliphatic rings. The van der Waals surface area contributed by atoms with Crippen LogP contribution >= 0.6 is 57.4 Å². The van der Waals surface area contributed by atoms with Gasteiger partial charge in [-0.2, -0.15) is 0 Å². The Hall–Kier alpha value is 1.32. The number of hydrogen-bond donors (Lipinski definition) is 4. The highest BCUT2D eigenvalue weighted by Gasteiger charge is 2.57. The summed E-state index contributed by atoms with van der Waals surface area (Å²) < 4.78 is 16.2. The molecule has 0 unspecified atom stereocenters. The molecule has 0 aliphatic carbocycles. The van der Waals surface area contributed by atoms with Gasteiger partial charge in [-0.05, 0) is 0 Å². The molecule has 0 saturated carbocycles. The number of halogens is 4. The SMILES string of the molecule is OC[C@H]1O[C@H](O[C@]2(CCl)O[C@H](CCl)[C@@H](I)[C@@H]2O)[C@H](O)[C@@H](O)[C@@H]1Cl. The largest absolute Gasteiger partial charge is 0.394 e. The predicted molar refractivity (Wildman–Crippen MR) is 91.3 cm³/mol. The Balaban J connectivity index is 2.18. The zero-order valence-electron chi connectivity index (χ0n) is 11.8. The standard InChI is InChI=1S/C12H18Cl3IO7/c13-1-4-7(16)10(20)12(3-14,22-4)23-11-9(19)8(18)6(15)5(2-17)21-11/h4-11,17-20H,1-3H2/t4-,5-,6-,7-,8+,9-,10+,11-,12+/m1/s1. The maximum absolute atomic E-state index is 10.4. The van der Waals surface area contributed by atoms with E-state index in [9.17, 15) is 20.4 Å². The molecule has 7 nitrogen and oxygen atoms in total. The Kier molecular flexibility index (Phi) is 7.48. The summed E-state index contributed by atoms with van der Waals surface area (Å²) in [4.78, 5) is 0. The first-order valence-electron chi connectivity index (χ1n) is 6.87. The van der Waals surface area contributed by atoms with E-state index in [0.717, 1.165) is 0 Å². The van der Waals surface area contributed by atoms with Crippen molar-refractivity contribution in [1.82, 2.24) is 0 Å². The van der Waals surface area contributed by atoms with Gasteiger partial charge in [0.15, 0.2) is 6.29 Å². The van der Waals surface area contributed by atoms with Gasteiger partial charge in [-0.3, -0.25) is 0 Å². The second kappa shape index (κ2) is 8.34. The summed E-state index contributed by atoms with van der Waals surface area (Å²) in [7, 11) is 0. The normalized spacial score (nSPS) is 51.1. The van der Waals surface area contributed by atoms with Crippen LogP contribution in [0.5, 0.6) is 0 Å². The first kappa shape index (κ1) is 20.6. The van der Waals surface area contributed by atoms with Gasteiger partial charge in [0.1, 0.15) is 24.4 Å². The van der Waals surface area contributed by atoms with Crippen LogP contribution in [-0.4, -0.2) is 90.7 Å². The summed E-state index contributed by atoms with van der Waals surface area (Å²) in [6, 6.07) is 0. The fraction of sp³-hybridized carbons (Fsp3) is 1.00. The zero-order chi connectivity index (χ0) is 17.4. The number of alkyl halides is 4. The highest BCUT2D eigenvalue weighted by molar-refractivity contribution is 14.1. The lowest BCUT2D eigenvalue weighted by Gasteiger charge is -2.43. The van der Waals surface area contributed by atoms with E-state index in [-0.39, 0.29) is 15.7 Å². The minimum atomic E-state index is -1.66. The molecule has 4 N–H and O–H groups in total. The van der Waals surface area contributed by atoms with Gasteiger partial charge >= 0.3 is 0 Å². The summed E-state index contributed by atoms with van der Waals surface area (Å²) in [6.07, 6.45) is -6.87. The van der Waals surface area contributed by atoms with Gasteiger partial charge in [-0.15, -0.1) is 34.8 Å². The topological polar surface area (TPSA) is 109 Å². The number of ether oxygens (including phenoxy) is 3.